The Balaban J connectivity index is 1.48. The molecule has 0 aliphatic rings. The van der Waals surface area contributed by atoms with Crippen molar-refractivity contribution in [2.24, 2.45) is 0 Å². The predicted molar refractivity (Wildman–Crippen MR) is 102 cm³/mol. The molecular weight excluding hydrogens is 361 g/mol. The van der Waals surface area contributed by atoms with E-state index in [1.54, 1.807) is 47.3 Å². The summed E-state index contributed by atoms with van der Waals surface area (Å²) in [6.07, 6.45) is 1.71. The number of H-pyrrole nitrogens is 1. The molecule has 28 heavy (non-hydrogen) atoms. The number of fused-ring (bicyclic) bond motifs is 1. The van der Waals surface area contributed by atoms with Crippen LogP contribution >= 0.6 is 0 Å². The van der Waals surface area contributed by atoms with E-state index in [2.05, 4.69) is 10.1 Å². The predicted octanol–water partition coefficient (Wildman–Crippen LogP) is 3.52. The number of aromatic nitrogens is 3. The van der Waals surface area contributed by atoms with E-state index in [0.717, 1.165) is 10.9 Å². The third-order valence-corrected chi connectivity index (χ3v) is 4.37. The van der Waals surface area contributed by atoms with Gasteiger partial charge < -0.3 is 9.72 Å². The number of hydrogen-bond acceptors (Lipinski definition) is 4. The normalized spacial score (nSPS) is 10.9. The number of aryl methyl sites for hydroxylation is 1. The minimum Gasteiger partial charge on any atom is -0.456 e. The maximum absolute atomic E-state index is 13.0. The lowest BCUT2D eigenvalue weighted by atomic mass is 10.1. The first-order chi connectivity index (χ1) is 13.5. The summed E-state index contributed by atoms with van der Waals surface area (Å²) in [4.78, 5) is 26.7. The van der Waals surface area contributed by atoms with E-state index in [9.17, 15) is 14.0 Å². The van der Waals surface area contributed by atoms with Gasteiger partial charge in [0.25, 0.3) is 0 Å². The summed E-state index contributed by atoms with van der Waals surface area (Å²) in [5.74, 6) is -0.836. The van der Waals surface area contributed by atoms with Gasteiger partial charge in [-0.15, -0.1) is 0 Å². The third kappa shape index (κ3) is 3.55. The SMILES string of the molecule is Cc1cc(=O)[nH]c2cc(C(=O)OCc3ccn(-c4ccc(F)cc4)n3)ccc12. The number of halogens is 1. The van der Waals surface area contributed by atoms with Crippen molar-refractivity contribution in [3.8, 4) is 5.69 Å². The molecule has 0 fully saturated rings. The molecule has 0 unspecified atom stereocenters. The summed E-state index contributed by atoms with van der Waals surface area (Å²) >= 11 is 0. The summed E-state index contributed by atoms with van der Waals surface area (Å²) < 4.78 is 19.9. The first-order valence-corrected chi connectivity index (χ1v) is 8.61. The van der Waals surface area contributed by atoms with E-state index in [1.165, 1.54) is 18.2 Å². The molecule has 2 aromatic heterocycles. The average molecular weight is 377 g/mol. The van der Waals surface area contributed by atoms with Crippen molar-refractivity contribution in [1.82, 2.24) is 14.8 Å². The minimum atomic E-state index is -0.513. The van der Waals surface area contributed by atoms with Gasteiger partial charge in [-0.3, -0.25) is 4.79 Å². The van der Waals surface area contributed by atoms with Crippen LogP contribution < -0.4 is 5.56 Å². The van der Waals surface area contributed by atoms with Crippen molar-refractivity contribution in [2.45, 2.75) is 13.5 Å². The lowest BCUT2D eigenvalue weighted by Gasteiger charge is -2.06. The molecule has 2 heterocycles. The van der Waals surface area contributed by atoms with Crippen molar-refractivity contribution in [1.29, 1.82) is 0 Å². The van der Waals surface area contributed by atoms with Crippen LogP contribution in [-0.2, 0) is 11.3 Å². The number of nitrogens with one attached hydrogen (secondary N) is 1. The molecule has 4 rings (SSSR count). The monoisotopic (exact) mass is 377 g/mol. The number of hydrogen-bond donors (Lipinski definition) is 1. The Hall–Kier alpha value is -3.74. The number of carbonyl (C=O) groups is 1. The fourth-order valence-corrected chi connectivity index (χ4v) is 2.96. The van der Waals surface area contributed by atoms with Gasteiger partial charge in [-0.05, 0) is 55.0 Å². The van der Waals surface area contributed by atoms with Crippen LogP contribution in [0, 0.1) is 12.7 Å². The lowest BCUT2D eigenvalue weighted by Crippen LogP contribution is -2.08. The van der Waals surface area contributed by atoms with Gasteiger partial charge in [0.2, 0.25) is 5.56 Å². The van der Waals surface area contributed by atoms with Gasteiger partial charge in [0.15, 0.2) is 0 Å². The molecule has 7 heteroatoms. The Morgan fingerprint density at radius 1 is 1.14 bits per heavy atom. The molecule has 0 atom stereocenters. The van der Waals surface area contributed by atoms with E-state index in [4.69, 9.17) is 4.74 Å². The van der Waals surface area contributed by atoms with Crippen molar-refractivity contribution < 1.29 is 13.9 Å². The molecule has 1 N–H and O–H groups in total. The second kappa shape index (κ2) is 7.11. The van der Waals surface area contributed by atoms with Crippen molar-refractivity contribution in [3.63, 3.8) is 0 Å². The molecule has 0 aliphatic carbocycles. The smallest absolute Gasteiger partial charge is 0.338 e. The molecule has 0 saturated heterocycles. The number of carbonyl (C=O) groups excluding carboxylic acids is 1. The van der Waals surface area contributed by atoms with Crippen LogP contribution in [0.2, 0.25) is 0 Å². The van der Waals surface area contributed by atoms with Gasteiger partial charge in [0.05, 0.1) is 11.3 Å². The summed E-state index contributed by atoms with van der Waals surface area (Å²) in [5, 5.41) is 5.19. The number of esters is 1. The summed E-state index contributed by atoms with van der Waals surface area (Å²) in [6, 6.07) is 14.2. The Kier molecular flexibility index (Phi) is 4.49. The highest BCUT2D eigenvalue weighted by Gasteiger charge is 2.11. The highest BCUT2D eigenvalue weighted by molar-refractivity contribution is 5.94. The molecule has 0 bridgehead atoms. The fourth-order valence-electron chi connectivity index (χ4n) is 2.96. The number of pyridine rings is 1. The zero-order valence-electron chi connectivity index (χ0n) is 15.0. The second-order valence-corrected chi connectivity index (χ2v) is 6.38. The average Bonchev–Trinajstić information content (AvgIpc) is 3.15. The van der Waals surface area contributed by atoms with Gasteiger partial charge in [-0.25, -0.2) is 13.9 Å². The minimum absolute atomic E-state index is 0.00456. The Morgan fingerprint density at radius 3 is 2.71 bits per heavy atom. The third-order valence-electron chi connectivity index (χ3n) is 4.37. The topological polar surface area (TPSA) is 77.0 Å². The van der Waals surface area contributed by atoms with E-state index in [1.807, 2.05) is 6.92 Å². The summed E-state index contributed by atoms with van der Waals surface area (Å²) in [7, 11) is 0. The van der Waals surface area contributed by atoms with E-state index >= 15 is 0 Å². The maximum Gasteiger partial charge on any atom is 0.338 e. The number of ether oxygens (including phenoxy) is 1. The molecule has 0 amide bonds. The highest BCUT2D eigenvalue weighted by Crippen LogP contribution is 2.17. The zero-order chi connectivity index (χ0) is 19.7. The van der Waals surface area contributed by atoms with Crippen LogP contribution in [0.5, 0.6) is 0 Å². The number of nitrogens with zero attached hydrogens (tertiary/aromatic N) is 2. The van der Waals surface area contributed by atoms with Crippen LogP contribution in [0.25, 0.3) is 16.6 Å². The maximum atomic E-state index is 13.0. The largest absolute Gasteiger partial charge is 0.456 e. The standard InChI is InChI=1S/C21H16FN3O3/c1-13-10-20(26)23-19-11-14(2-7-18(13)19)21(27)28-12-16-8-9-25(24-16)17-5-3-15(22)4-6-17/h2-11H,12H2,1H3,(H,23,26). The molecule has 0 spiro atoms. The first kappa shape index (κ1) is 17.7. The molecule has 0 aliphatic heterocycles. The van der Waals surface area contributed by atoms with E-state index in [-0.39, 0.29) is 18.0 Å². The molecule has 6 nitrogen and oxygen atoms in total. The number of aromatic amines is 1. The van der Waals surface area contributed by atoms with Crippen LogP contribution in [0.1, 0.15) is 21.6 Å². The quantitative estimate of drug-likeness (QED) is 0.552. The number of benzene rings is 2. The molecule has 0 radical (unpaired) electrons. The molecule has 2 aromatic carbocycles. The van der Waals surface area contributed by atoms with Gasteiger partial charge in [0, 0.05) is 23.2 Å². The van der Waals surface area contributed by atoms with Crippen LogP contribution in [0.4, 0.5) is 4.39 Å². The van der Waals surface area contributed by atoms with Crippen LogP contribution in [-0.4, -0.2) is 20.7 Å². The number of rotatable bonds is 4. The van der Waals surface area contributed by atoms with Gasteiger partial charge in [-0.1, -0.05) is 6.07 Å². The molecular formula is C21H16FN3O3. The molecule has 0 saturated carbocycles. The fraction of sp³-hybridized carbons (Fsp3) is 0.0952. The van der Waals surface area contributed by atoms with Gasteiger partial charge in [-0.2, -0.15) is 5.10 Å². The Morgan fingerprint density at radius 2 is 1.93 bits per heavy atom. The van der Waals surface area contributed by atoms with Crippen molar-refractivity contribution in [2.75, 3.05) is 0 Å². The summed E-state index contributed by atoms with van der Waals surface area (Å²) in [6.45, 7) is 1.84. The van der Waals surface area contributed by atoms with Crippen LogP contribution in [0.15, 0.2) is 65.6 Å². The molecule has 140 valence electrons. The zero-order valence-corrected chi connectivity index (χ0v) is 15.0. The van der Waals surface area contributed by atoms with Crippen molar-refractivity contribution >= 4 is 16.9 Å². The van der Waals surface area contributed by atoms with E-state index < -0.39 is 5.97 Å². The second-order valence-electron chi connectivity index (χ2n) is 6.38. The Bertz CT molecular complexity index is 1230. The molecule has 4 aromatic rings. The van der Waals surface area contributed by atoms with Crippen molar-refractivity contribution in [3.05, 3.63) is 93.8 Å². The summed E-state index contributed by atoms with van der Waals surface area (Å²) in [5.41, 5.74) is 2.80. The van der Waals surface area contributed by atoms with Gasteiger partial charge >= 0.3 is 5.97 Å². The Labute approximate surface area is 159 Å². The van der Waals surface area contributed by atoms with Gasteiger partial charge in [0.1, 0.15) is 18.1 Å². The van der Waals surface area contributed by atoms with E-state index in [0.29, 0.717) is 22.5 Å². The highest BCUT2D eigenvalue weighted by atomic mass is 19.1. The first-order valence-electron chi connectivity index (χ1n) is 8.61. The lowest BCUT2D eigenvalue weighted by molar-refractivity contribution is 0.0467. The van der Waals surface area contributed by atoms with Crippen LogP contribution in [0.3, 0.4) is 0 Å².